The van der Waals surface area contributed by atoms with Crippen molar-refractivity contribution in [2.75, 3.05) is 0 Å². The smallest absolute Gasteiger partial charge is 0.114 e. The highest BCUT2D eigenvalue weighted by Gasteiger charge is 2.68. The van der Waals surface area contributed by atoms with Gasteiger partial charge in [-0.3, -0.25) is 0 Å². The number of hydrogen-bond acceptors (Lipinski definition) is 2. The highest BCUT2D eigenvalue weighted by Crippen LogP contribution is 2.60. The van der Waals surface area contributed by atoms with Crippen molar-refractivity contribution in [2.45, 2.75) is 57.8 Å². The lowest BCUT2D eigenvalue weighted by atomic mass is 9.57. The summed E-state index contributed by atoms with van der Waals surface area (Å²) in [5.41, 5.74) is 1.11. The van der Waals surface area contributed by atoms with Crippen LogP contribution in [0.2, 0.25) is 0 Å². The van der Waals surface area contributed by atoms with Gasteiger partial charge < -0.3 is 9.84 Å². The van der Waals surface area contributed by atoms with Crippen LogP contribution in [-0.4, -0.2) is 22.9 Å². The molecule has 17 heavy (non-hydrogen) atoms. The van der Waals surface area contributed by atoms with Crippen LogP contribution in [0.3, 0.4) is 0 Å². The summed E-state index contributed by atoms with van der Waals surface area (Å²) in [4.78, 5) is 0. The average Bonchev–Trinajstić information content (AvgIpc) is 2.91. The van der Waals surface area contributed by atoms with Crippen LogP contribution in [0.25, 0.3) is 0 Å². The Morgan fingerprint density at radius 1 is 1.41 bits per heavy atom. The van der Waals surface area contributed by atoms with Gasteiger partial charge in [0.25, 0.3) is 0 Å². The highest BCUT2D eigenvalue weighted by atomic mass is 16.6. The standard InChI is InChI=1S/C15H24O2/c1-8(2)12-10-7-9(3)5-6-11(10)15(4)14(17-15)13(12)16/h9-14,16H,1,5-7H2,2-4H3/t9-,10-,11+,12-,13-,14-,15+/m0/s1. The van der Waals surface area contributed by atoms with Gasteiger partial charge in [0.2, 0.25) is 0 Å². The fraction of sp³-hybridized carbons (Fsp3) is 0.867. The third kappa shape index (κ3) is 1.53. The second-order valence-electron chi connectivity index (χ2n) is 6.77. The van der Waals surface area contributed by atoms with E-state index in [4.69, 9.17) is 4.74 Å². The summed E-state index contributed by atoms with van der Waals surface area (Å²) in [6.07, 6.45) is 3.54. The van der Waals surface area contributed by atoms with E-state index in [1.54, 1.807) is 0 Å². The summed E-state index contributed by atoms with van der Waals surface area (Å²) in [6, 6.07) is 0. The summed E-state index contributed by atoms with van der Waals surface area (Å²) in [6.45, 7) is 10.7. The van der Waals surface area contributed by atoms with Crippen LogP contribution in [0, 0.1) is 23.7 Å². The van der Waals surface area contributed by atoms with Gasteiger partial charge in [-0.2, -0.15) is 0 Å². The van der Waals surface area contributed by atoms with E-state index in [-0.39, 0.29) is 23.7 Å². The minimum absolute atomic E-state index is 0.0316. The molecule has 0 aromatic carbocycles. The topological polar surface area (TPSA) is 32.8 Å². The number of hydrogen-bond donors (Lipinski definition) is 1. The van der Waals surface area contributed by atoms with Crippen LogP contribution in [0.4, 0.5) is 0 Å². The van der Waals surface area contributed by atoms with Gasteiger partial charge in [-0.15, -0.1) is 0 Å². The molecule has 0 unspecified atom stereocenters. The molecule has 1 heterocycles. The van der Waals surface area contributed by atoms with Crippen LogP contribution in [0.5, 0.6) is 0 Å². The Kier molecular flexibility index (Phi) is 2.47. The van der Waals surface area contributed by atoms with Gasteiger partial charge in [0, 0.05) is 5.92 Å². The highest BCUT2D eigenvalue weighted by molar-refractivity contribution is 5.21. The SMILES string of the molecule is C=C(C)[C@@H]1[C@H](O)[C@@H]2O[C@]2(C)[C@@H]2CC[C@H](C)C[C@H]12. The number of rotatable bonds is 1. The van der Waals surface area contributed by atoms with Crippen LogP contribution in [0.1, 0.15) is 40.0 Å². The summed E-state index contributed by atoms with van der Waals surface area (Å²) in [5.74, 6) is 2.25. The minimum atomic E-state index is -0.330. The molecular weight excluding hydrogens is 212 g/mol. The Bertz CT molecular complexity index is 351. The number of aliphatic hydroxyl groups excluding tert-OH is 1. The monoisotopic (exact) mass is 236 g/mol. The van der Waals surface area contributed by atoms with Gasteiger partial charge in [0.1, 0.15) is 6.10 Å². The lowest BCUT2D eigenvalue weighted by Gasteiger charge is -2.46. The first kappa shape index (κ1) is 11.7. The van der Waals surface area contributed by atoms with E-state index in [0.29, 0.717) is 11.8 Å². The number of epoxide rings is 1. The third-order valence-electron chi connectivity index (χ3n) is 5.50. The number of ether oxygens (including phenoxy) is 1. The molecule has 3 fully saturated rings. The second kappa shape index (κ2) is 3.58. The molecule has 2 aliphatic carbocycles. The number of aliphatic hydroxyl groups is 1. The maximum Gasteiger partial charge on any atom is 0.114 e. The molecule has 7 atom stereocenters. The molecule has 0 radical (unpaired) electrons. The van der Waals surface area contributed by atoms with Crippen molar-refractivity contribution in [3.8, 4) is 0 Å². The maximum atomic E-state index is 10.5. The first-order valence-electron chi connectivity index (χ1n) is 6.96. The zero-order chi connectivity index (χ0) is 12.4. The van der Waals surface area contributed by atoms with E-state index in [1.807, 2.05) is 0 Å². The molecule has 3 aliphatic rings. The predicted molar refractivity (Wildman–Crippen MR) is 67.6 cm³/mol. The average molecular weight is 236 g/mol. The van der Waals surface area contributed by atoms with E-state index < -0.39 is 0 Å². The summed E-state index contributed by atoms with van der Waals surface area (Å²) >= 11 is 0. The minimum Gasteiger partial charge on any atom is -0.390 e. The van der Waals surface area contributed by atoms with Crippen molar-refractivity contribution < 1.29 is 9.84 Å². The van der Waals surface area contributed by atoms with E-state index in [0.717, 1.165) is 11.5 Å². The molecule has 2 saturated carbocycles. The first-order chi connectivity index (χ1) is 7.95. The Hall–Kier alpha value is -0.340. The second-order valence-corrected chi connectivity index (χ2v) is 6.77. The Labute approximate surface area is 104 Å². The van der Waals surface area contributed by atoms with E-state index in [2.05, 4.69) is 27.4 Å². The summed E-state index contributed by atoms with van der Waals surface area (Å²) in [7, 11) is 0. The molecule has 0 bridgehead atoms. The van der Waals surface area contributed by atoms with E-state index in [9.17, 15) is 5.11 Å². The lowest BCUT2D eigenvalue weighted by Crippen LogP contribution is -2.50. The molecule has 2 heteroatoms. The van der Waals surface area contributed by atoms with Gasteiger partial charge in [-0.1, -0.05) is 25.5 Å². The third-order valence-corrected chi connectivity index (χ3v) is 5.50. The fourth-order valence-electron chi connectivity index (χ4n) is 4.58. The summed E-state index contributed by atoms with van der Waals surface area (Å²) < 4.78 is 5.87. The van der Waals surface area contributed by atoms with Crippen LogP contribution < -0.4 is 0 Å². The molecule has 0 spiro atoms. The van der Waals surface area contributed by atoms with Gasteiger partial charge >= 0.3 is 0 Å². The predicted octanol–water partition coefficient (Wildman–Crippen LogP) is 2.76. The van der Waals surface area contributed by atoms with Crippen molar-refractivity contribution in [1.82, 2.24) is 0 Å². The zero-order valence-corrected chi connectivity index (χ0v) is 11.1. The molecule has 96 valence electrons. The normalized spacial score (nSPS) is 56.9. The van der Waals surface area contributed by atoms with Crippen molar-refractivity contribution in [3.63, 3.8) is 0 Å². The molecule has 1 N–H and O–H groups in total. The molecule has 0 amide bonds. The molecule has 2 nitrogen and oxygen atoms in total. The molecular formula is C15H24O2. The molecule has 3 rings (SSSR count). The first-order valence-corrected chi connectivity index (χ1v) is 6.96. The Morgan fingerprint density at radius 3 is 2.76 bits per heavy atom. The Morgan fingerprint density at radius 2 is 2.12 bits per heavy atom. The molecule has 0 aromatic heterocycles. The molecule has 0 aromatic rings. The fourth-order valence-corrected chi connectivity index (χ4v) is 4.58. The largest absolute Gasteiger partial charge is 0.390 e. The van der Waals surface area contributed by atoms with Crippen LogP contribution >= 0.6 is 0 Å². The number of fused-ring (bicyclic) bond motifs is 3. The maximum absolute atomic E-state index is 10.5. The van der Waals surface area contributed by atoms with Crippen molar-refractivity contribution >= 4 is 0 Å². The molecule has 1 saturated heterocycles. The zero-order valence-electron chi connectivity index (χ0n) is 11.1. The quantitative estimate of drug-likeness (QED) is 0.561. The van der Waals surface area contributed by atoms with Gasteiger partial charge in [-0.05, 0) is 44.4 Å². The van der Waals surface area contributed by atoms with Gasteiger partial charge in [-0.25, -0.2) is 0 Å². The van der Waals surface area contributed by atoms with Crippen molar-refractivity contribution in [2.24, 2.45) is 23.7 Å². The van der Waals surface area contributed by atoms with Crippen molar-refractivity contribution in [1.29, 1.82) is 0 Å². The van der Waals surface area contributed by atoms with Gasteiger partial charge in [0.15, 0.2) is 0 Å². The molecule has 1 aliphatic heterocycles. The van der Waals surface area contributed by atoms with Crippen molar-refractivity contribution in [3.05, 3.63) is 12.2 Å². The van der Waals surface area contributed by atoms with Crippen LogP contribution in [0.15, 0.2) is 12.2 Å². The van der Waals surface area contributed by atoms with E-state index >= 15 is 0 Å². The summed E-state index contributed by atoms with van der Waals surface area (Å²) in [5, 5.41) is 10.5. The van der Waals surface area contributed by atoms with E-state index in [1.165, 1.54) is 19.3 Å². The Balaban J connectivity index is 1.93. The van der Waals surface area contributed by atoms with Gasteiger partial charge in [0.05, 0.1) is 11.7 Å². The van der Waals surface area contributed by atoms with Crippen LogP contribution in [-0.2, 0) is 4.74 Å². The lowest BCUT2D eigenvalue weighted by molar-refractivity contribution is -0.00380.